The van der Waals surface area contributed by atoms with E-state index in [-0.39, 0.29) is 24.2 Å². The summed E-state index contributed by atoms with van der Waals surface area (Å²) in [7, 11) is 0. The third-order valence-electron chi connectivity index (χ3n) is 5.52. The second-order valence-electron chi connectivity index (χ2n) is 7.06. The van der Waals surface area contributed by atoms with Crippen LogP contribution in [0.4, 0.5) is 0 Å². The van der Waals surface area contributed by atoms with Gasteiger partial charge in [0.2, 0.25) is 11.8 Å². The highest BCUT2D eigenvalue weighted by molar-refractivity contribution is 6.00. The van der Waals surface area contributed by atoms with Crippen molar-refractivity contribution < 1.29 is 14.3 Å². The van der Waals surface area contributed by atoms with E-state index in [0.29, 0.717) is 39.1 Å². The summed E-state index contributed by atoms with van der Waals surface area (Å²) in [5, 5.41) is 6.35. The third kappa shape index (κ3) is 4.27. The van der Waals surface area contributed by atoms with E-state index in [9.17, 15) is 9.59 Å². The normalized spacial score (nSPS) is 27.1. The summed E-state index contributed by atoms with van der Waals surface area (Å²) < 4.78 is 5.37. The Balaban J connectivity index is 0.00000225. The molecular formula is C17H31ClN4O3. The highest BCUT2D eigenvalue weighted by Gasteiger charge is 2.52. The van der Waals surface area contributed by atoms with E-state index in [1.54, 1.807) is 0 Å². The molecule has 3 heterocycles. The fourth-order valence-electron chi connectivity index (χ4n) is 4.02. The number of carbonyl (C=O) groups excluding carboxylic acids is 2. The van der Waals surface area contributed by atoms with E-state index < -0.39 is 11.6 Å². The average Bonchev–Trinajstić information content (AvgIpc) is 2.62. The maximum atomic E-state index is 13.2. The van der Waals surface area contributed by atoms with Crippen molar-refractivity contribution in [1.82, 2.24) is 20.4 Å². The van der Waals surface area contributed by atoms with Gasteiger partial charge in [0.05, 0.1) is 13.2 Å². The van der Waals surface area contributed by atoms with E-state index in [1.165, 1.54) is 0 Å². The predicted molar refractivity (Wildman–Crippen MR) is 97.9 cm³/mol. The molecule has 3 rings (SSSR count). The van der Waals surface area contributed by atoms with Crippen molar-refractivity contribution in [3.8, 4) is 0 Å². The Morgan fingerprint density at radius 1 is 1.20 bits per heavy atom. The Kier molecular flexibility index (Phi) is 7.49. The van der Waals surface area contributed by atoms with Crippen LogP contribution in [0.25, 0.3) is 0 Å². The van der Waals surface area contributed by atoms with E-state index in [4.69, 9.17) is 4.74 Å². The molecule has 3 aliphatic rings. The first-order valence-electron chi connectivity index (χ1n) is 9.30. The molecule has 3 saturated heterocycles. The van der Waals surface area contributed by atoms with Gasteiger partial charge in [-0.2, -0.15) is 0 Å². The fourth-order valence-corrected chi connectivity index (χ4v) is 4.02. The number of carbonyl (C=O) groups is 2. The van der Waals surface area contributed by atoms with E-state index in [2.05, 4.69) is 22.5 Å². The molecule has 144 valence electrons. The van der Waals surface area contributed by atoms with E-state index in [0.717, 1.165) is 39.0 Å². The topological polar surface area (TPSA) is 73.9 Å². The molecule has 1 atom stereocenters. The van der Waals surface area contributed by atoms with Gasteiger partial charge in [-0.3, -0.25) is 14.5 Å². The molecule has 7 nitrogen and oxygen atoms in total. The van der Waals surface area contributed by atoms with Gasteiger partial charge in [0.15, 0.2) is 0 Å². The van der Waals surface area contributed by atoms with E-state index in [1.807, 2.05) is 4.90 Å². The first-order valence-corrected chi connectivity index (χ1v) is 9.30. The molecule has 1 spiro atoms. The summed E-state index contributed by atoms with van der Waals surface area (Å²) in [5.41, 5.74) is -0.640. The average molecular weight is 375 g/mol. The van der Waals surface area contributed by atoms with Gasteiger partial charge in [0.1, 0.15) is 11.6 Å². The lowest BCUT2D eigenvalue weighted by molar-refractivity contribution is -0.160. The van der Waals surface area contributed by atoms with Crippen molar-refractivity contribution in [2.24, 2.45) is 0 Å². The lowest BCUT2D eigenvalue weighted by Crippen LogP contribution is -2.74. The molecule has 0 radical (unpaired) electrons. The lowest BCUT2D eigenvalue weighted by atomic mass is 9.82. The van der Waals surface area contributed by atoms with Gasteiger partial charge in [-0.25, -0.2) is 0 Å². The van der Waals surface area contributed by atoms with Crippen LogP contribution in [-0.2, 0) is 14.3 Å². The molecule has 3 aliphatic heterocycles. The van der Waals surface area contributed by atoms with Crippen LogP contribution in [0.5, 0.6) is 0 Å². The first kappa shape index (κ1) is 20.4. The van der Waals surface area contributed by atoms with Gasteiger partial charge in [-0.05, 0) is 32.4 Å². The van der Waals surface area contributed by atoms with Crippen molar-refractivity contribution in [3.05, 3.63) is 0 Å². The van der Waals surface area contributed by atoms with Gasteiger partial charge < -0.3 is 20.3 Å². The summed E-state index contributed by atoms with van der Waals surface area (Å²) in [6.07, 6.45) is 3.38. The molecule has 1 unspecified atom stereocenters. The number of hydrogen-bond acceptors (Lipinski definition) is 5. The minimum Gasteiger partial charge on any atom is -0.379 e. The molecule has 0 aliphatic carbocycles. The van der Waals surface area contributed by atoms with Crippen LogP contribution < -0.4 is 10.6 Å². The van der Waals surface area contributed by atoms with Gasteiger partial charge in [0.25, 0.3) is 0 Å². The van der Waals surface area contributed by atoms with Crippen LogP contribution >= 0.6 is 12.4 Å². The zero-order valence-electron chi connectivity index (χ0n) is 15.1. The maximum absolute atomic E-state index is 13.2. The maximum Gasteiger partial charge on any atom is 0.247 e. The van der Waals surface area contributed by atoms with Crippen LogP contribution in [0.15, 0.2) is 0 Å². The fraction of sp³-hybridized carbons (Fsp3) is 0.882. The zero-order valence-corrected chi connectivity index (χ0v) is 15.9. The number of piperazine rings is 1. The molecule has 0 bridgehead atoms. The molecule has 2 N–H and O–H groups in total. The number of halogens is 1. The highest BCUT2D eigenvalue weighted by atomic mass is 35.5. The Morgan fingerprint density at radius 2 is 1.88 bits per heavy atom. The SMILES string of the molecule is CCCCN1C(=O)C(CN2CCOCC2)NC(=O)C12CCNCC2.Cl. The van der Waals surface area contributed by atoms with Crippen LogP contribution in [0.2, 0.25) is 0 Å². The molecule has 3 fully saturated rings. The van der Waals surface area contributed by atoms with Gasteiger partial charge >= 0.3 is 0 Å². The minimum absolute atomic E-state index is 0. The second-order valence-corrected chi connectivity index (χ2v) is 7.06. The second kappa shape index (κ2) is 9.16. The molecule has 2 amide bonds. The van der Waals surface area contributed by atoms with Gasteiger partial charge in [0, 0.05) is 26.2 Å². The van der Waals surface area contributed by atoms with E-state index >= 15 is 0 Å². The predicted octanol–water partition coefficient (Wildman–Crippen LogP) is -0.0103. The number of nitrogens with one attached hydrogen (secondary N) is 2. The lowest BCUT2D eigenvalue weighted by Gasteiger charge is -2.50. The molecule has 8 heteroatoms. The largest absolute Gasteiger partial charge is 0.379 e. The minimum atomic E-state index is -0.640. The third-order valence-corrected chi connectivity index (χ3v) is 5.52. The molecule has 0 aromatic rings. The monoisotopic (exact) mass is 374 g/mol. The Labute approximate surface area is 156 Å². The summed E-state index contributed by atoms with van der Waals surface area (Å²) in [6, 6.07) is -0.423. The number of ether oxygens (including phenoxy) is 1. The number of unbranched alkanes of at least 4 members (excludes halogenated alkanes) is 1. The van der Waals surface area contributed by atoms with Crippen molar-refractivity contribution >= 4 is 24.2 Å². The van der Waals surface area contributed by atoms with Crippen molar-refractivity contribution in [1.29, 1.82) is 0 Å². The zero-order chi connectivity index (χ0) is 17.0. The number of rotatable bonds is 5. The highest BCUT2D eigenvalue weighted by Crippen LogP contribution is 2.31. The van der Waals surface area contributed by atoms with Crippen molar-refractivity contribution in [3.63, 3.8) is 0 Å². The molecule has 25 heavy (non-hydrogen) atoms. The Bertz CT molecular complexity index is 465. The molecule has 0 aromatic heterocycles. The standard InChI is InChI=1S/C17H30N4O3.ClH/c1-2-3-8-21-15(22)14(13-20-9-11-24-12-10-20)19-16(23)17(21)4-6-18-7-5-17;/h14,18H,2-13H2,1H3,(H,19,23);1H. The molecular weight excluding hydrogens is 344 g/mol. The molecule has 0 saturated carbocycles. The Morgan fingerprint density at radius 3 is 2.52 bits per heavy atom. The van der Waals surface area contributed by atoms with Crippen molar-refractivity contribution in [2.45, 2.75) is 44.2 Å². The number of hydrogen-bond donors (Lipinski definition) is 2. The van der Waals surface area contributed by atoms with Crippen LogP contribution in [0, 0.1) is 0 Å². The van der Waals surface area contributed by atoms with Crippen molar-refractivity contribution in [2.75, 3.05) is 52.5 Å². The Hall–Kier alpha value is -0.890. The summed E-state index contributed by atoms with van der Waals surface area (Å²) >= 11 is 0. The molecule has 0 aromatic carbocycles. The smallest absolute Gasteiger partial charge is 0.247 e. The van der Waals surface area contributed by atoms with Gasteiger partial charge in [-0.1, -0.05) is 13.3 Å². The first-order chi connectivity index (χ1) is 11.7. The number of amides is 2. The number of piperidine rings is 1. The quantitative estimate of drug-likeness (QED) is 0.708. The summed E-state index contributed by atoms with van der Waals surface area (Å²) in [5.74, 6) is 0.134. The van der Waals surface area contributed by atoms with Crippen LogP contribution in [-0.4, -0.2) is 85.7 Å². The number of morpholine rings is 1. The summed E-state index contributed by atoms with van der Waals surface area (Å²) in [6.45, 7) is 8.01. The van der Waals surface area contributed by atoms with Crippen LogP contribution in [0.1, 0.15) is 32.6 Å². The van der Waals surface area contributed by atoms with Gasteiger partial charge in [-0.15, -0.1) is 12.4 Å². The van der Waals surface area contributed by atoms with Crippen LogP contribution in [0.3, 0.4) is 0 Å². The number of nitrogens with zero attached hydrogens (tertiary/aromatic N) is 2. The summed E-state index contributed by atoms with van der Waals surface area (Å²) in [4.78, 5) is 30.2.